The molecule has 1 aromatic carbocycles. The fraction of sp³-hybridized carbons (Fsp3) is 0.250. The molecule has 0 saturated carbocycles. The lowest BCUT2D eigenvalue weighted by atomic mass is 10.1. The molecule has 0 atom stereocenters. The summed E-state index contributed by atoms with van der Waals surface area (Å²) < 4.78 is 10.6. The molecule has 5 rings (SSSR count). The summed E-state index contributed by atoms with van der Waals surface area (Å²) in [6.07, 6.45) is 4.94. The Balaban J connectivity index is 1.49. The zero-order valence-electron chi connectivity index (χ0n) is 15.5. The van der Waals surface area contributed by atoms with Gasteiger partial charge in [-0.2, -0.15) is 5.10 Å². The summed E-state index contributed by atoms with van der Waals surface area (Å²) in [7, 11) is 0. The van der Waals surface area contributed by atoms with E-state index in [0.29, 0.717) is 11.6 Å². The Bertz CT molecular complexity index is 1100. The first-order valence-corrected chi connectivity index (χ1v) is 9.22. The number of hydrogen-bond acceptors (Lipinski definition) is 7. The highest BCUT2D eigenvalue weighted by Gasteiger charge is 2.15. The van der Waals surface area contributed by atoms with Crippen LogP contribution in [-0.2, 0) is 4.74 Å². The number of benzene rings is 1. The van der Waals surface area contributed by atoms with Crippen LogP contribution in [0.2, 0.25) is 0 Å². The van der Waals surface area contributed by atoms with Crippen LogP contribution in [0.3, 0.4) is 0 Å². The van der Waals surface area contributed by atoms with Crippen molar-refractivity contribution in [3.05, 3.63) is 48.6 Å². The maximum Gasteiger partial charge on any atom is 0.165 e. The summed E-state index contributed by atoms with van der Waals surface area (Å²) in [6, 6.07) is 8.24. The van der Waals surface area contributed by atoms with Gasteiger partial charge in [0.25, 0.3) is 0 Å². The van der Waals surface area contributed by atoms with Gasteiger partial charge in [-0.25, -0.2) is 9.97 Å². The van der Waals surface area contributed by atoms with Crippen molar-refractivity contribution in [3.8, 4) is 11.4 Å². The molecule has 0 aliphatic carbocycles. The Morgan fingerprint density at radius 2 is 2.04 bits per heavy atom. The van der Waals surface area contributed by atoms with Crippen LogP contribution in [0.1, 0.15) is 5.56 Å². The largest absolute Gasteiger partial charge is 0.472 e. The maximum atomic E-state index is 5.44. The lowest BCUT2D eigenvalue weighted by molar-refractivity contribution is 0.122. The zero-order valence-corrected chi connectivity index (χ0v) is 15.5. The summed E-state index contributed by atoms with van der Waals surface area (Å²) in [6.45, 7) is 5.47. The third-order valence-electron chi connectivity index (χ3n) is 4.92. The number of aryl methyl sites for hydroxylation is 1. The van der Waals surface area contributed by atoms with Gasteiger partial charge < -0.3 is 19.4 Å². The smallest absolute Gasteiger partial charge is 0.165 e. The Morgan fingerprint density at radius 1 is 1.14 bits per heavy atom. The third kappa shape index (κ3) is 3.07. The molecule has 28 heavy (non-hydrogen) atoms. The second kappa shape index (κ2) is 6.97. The number of nitrogens with one attached hydrogen (secondary N) is 2. The molecule has 142 valence electrons. The number of hydrogen-bond donors (Lipinski definition) is 2. The summed E-state index contributed by atoms with van der Waals surface area (Å²) in [5, 5.41) is 10.5. The second-order valence-corrected chi connectivity index (χ2v) is 6.76. The van der Waals surface area contributed by atoms with Crippen molar-refractivity contribution in [1.82, 2.24) is 20.2 Å². The first-order valence-electron chi connectivity index (χ1n) is 9.22. The number of nitrogens with zero attached hydrogens (tertiary/aromatic N) is 4. The third-order valence-corrected chi connectivity index (χ3v) is 4.92. The second-order valence-electron chi connectivity index (χ2n) is 6.76. The van der Waals surface area contributed by atoms with Crippen LogP contribution >= 0.6 is 0 Å². The number of aromatic nitrogens is 4. The van der Waals surface area contributed by atoms with Crippen LogP contribution in [0.4, 0.5) is 17.2 Å². The standard InChI is InChI=1S/C20H20N6O2/c1-13-10-15(26-5-8-27-9-6-26)2-3-16(13)22-20-18-17(11-21-25-18)23-19(24-20)14-4-7-28-12-14/h2-4,7,10-12H,5-6,8-9H2,1H3,(H,21,25)(H,22,23,24). The molecule has 0 spiro atoms. The van der Waals surface area contributed by atoms with Crippen LogP contribution in [0.25, 0.3) is 22.4 Å². The molecule has 8 heteroatoms. The predicted molar refractivity (Wildman–Crippen MR) is 107 cm³/mol. The topological polar surface area (TPSA) is 92.1 Å². The first kappa shape index (κ1) is 16.8. The van der Waals surface area contributed by atoms with E-state index in [1.165, 1.54) is 5.69 Å². The average Bonchev–Trinajstić information content (AvgIpc) is 3.42. The Hall–Kier alpha value is -3.39. The Kier molecular flexibility index (Phi) is 4.17. The van der Waals surface area contributed by atoms with Crippen molar-refractivity contribution in [2.24, 2.45) is 0 Å². The van der Waals surface area contributed by atoms with E-state index < -0.39 is 0 Å². The van der Waals surface area contributed by atoms with E-state index >= 15 is 0 Å². The fourth-order valence-electron chi connectivity index (χ4n) is 3.38. The molecule has 0 bridgehead atoms. The number of fused-ring (bicyclic) bond motifs is 1. The number of rotatable bonds is 4. The van der Waals surface area contributed by atoms with Gasteiger partial charge in [-0.1, -0.05) is 0 Å². The van der Waals surface area contributed by atoms with E-state index in [0.717, 1.165) is 54.2 Å². The quantitative estimate of drug-likeness (QED) is 0.563. The molecule has 0 radical (unpaired) electrons. The van der Waals surface area contributed by atoms with Crippen molar-refractivity contribution in [1.29, 1.82) is 0 Å². The van der Waals surface area contributed by atoms with Gasteiger partial charge in [0.15, 0.2) is 11.6 Å². The zero-order chi connectivity index (χ0) is 18.9. The number of furan rings is 1. The highest BCUT2D eigenvalue weighted by molar-refractivity contribution is 5.88. The van der Waals surface area contributed by atoms with Gasteiger partial charge in [-0.15, -0.1) is 0 Å². The first-order chi connectivity index (χ1) is 13.8. The van der Waals surface area contributed by atoms with Crippen molar-refractivity contribution < 1.29 is 9.15 Å². The highest BCUT2D eigenvalue weighted by atomic mass is 16.5. The number of anilines is 3. The summed E-state index contributed by atoms with van der Waals surface area (Å²) in [4.78, 5) is 11.6. The molecule has 8 nitrogen and oxygen atoms in total. The van der Waals surface area contributed by atoms with E-state index in [-0.39, 0.29) is 0 Å². The van der Waals surface area contributed by atoms with Crippen molar-refractivity contribution >= 4 is 28.2 Å². The number of aromatic amines is 1. The van der Waals surface area contributed by atoms with Crippen molar-refractivity contribution in [2.75, 3.05) is 36.5 Å². The lowest BCUT2D eigenvalue weighted by Crippen LogP contribution is -2.36. The van der Waals surface area contributed by atoms with Gasteiger partial charge in [0.1, 0.15) is 17.3 Å². The molecule has 3 aromatic heterocycles. The van der Waals surface area contributed by atoms with Crippen molar-refractivity contribution in [3.63, 3.8) is 0 Å². The van der Waals surface area contributed by atoms with E-state index in [4.69, 9.17) is 9.15 Å². The van der Waals surface area contributed by atoms with Gasteiger partial charge >= 0.3 is 0 Å². The predicted octanol–water partition coefficient (Wildman–Crippen LogP) is 3.50. The minimum atomic E-state index is 0.590. The van der Waals surface area contributed by atoms with Crippen LogP contribution in [0, 0.1) is 6.92 Å². The number of ether oxygens (including phenoxy) is 1. The highest BCUT2D eigenvalue weighted by Crippen LogP contribution is 2.29. The van der Waals surface area contributed by atoms with E-state index in [1.54, 1.807) is 18.7 Å². The molecule has 4 heterocycles. The minimum Gasteiger partial charge on any atom is -0.472 e. The minimum absolute atomic E-state index is 0.590. The molecule has 0 amide bonds. The molecule has 4 aromatic rings. The van der Waals surface area contributed by atoms with Crippen LogP contribution in [0.5, 0.6) is 0 Å². The molecule has 1 fully saturated rings. The van der Waals surface area contributed by atoms with Crippen LogP contribution < -0.4 is 10.2 Å². The number of morpholine rings is 1. The fourth-order valence-corrected chi connectivity index (χ4v) is 3.38. The maximum absolute atomic E-state index is 5.44. The normalized spacial score (nSPS) is 14.5. The summed E-state index contributed by atoms with van der Waals surface area (Å²) >= 11 is 0. The van der Waals surface area contributed by atoms with Gasteiger partial charge in [-0.3, -0.25) is 5.10 Å². The Morgan fingerprint density at radius 3 is 2.82 bits per heavy atom. The molecule has 1 aliphatic rings. The average molecular weight is 376 g/mol. The van der Waals surface area contributed by atoms with E-state index in [2.05, 4.69) is 55.5 Å². The lowest BCUT2D eigenvalue weighted by Gasteiger charge is -2.29. The monoisotopic (exact) mass is 376 g/mol. The number of H-pyrrole nitrogens is 1. The molecular weight excluding hydrogens is 356 g/mol. The molecule has 2 N–H and O–H groups in total. The summed E-state index contributed by atoms with van der Waals surface area (Å²) in [5.41, 5.74) is 5.68. The van der Waals surface area contributed by atoms with Crippen molar-refractivity contribution in [2.45, 2.75) is 6.92 Å². The SMILES string of the molecule is Cc1cc(N2CCOCC2)ccc1Nc1nc(-c2ccoc2)nc2cn[nH]c12. The summed E-state index contributed by atoms with van der Waals surface area (Å²) in [5.74, 6) is 1.27. The molecule has 0 unspecified atom stereocenters. The molecular formula is C20H20N6O2. The Labute approximate surface area is 161 Å². The molecule has 1 saturated heterocycles. The van der Waals surface area contributed by atoms with E-state index in [1.807, 2.05) is 6.07 Å². The van der Waals surface area contributed by atoms with Crippen LogP contribution in [-0.4, -0.2) is 46.5 Å². The molecule has 1 aliphatic heterocycles. The van der Waals surface area contributed by atoms with Gasteiger partial charge in [-0.05, 0) is 36.8 Å². The van der Waals surface area contributed by atoms with Crippen LogP contribution in [0.15, 0.2) is 47.4 Å². The van der Waals surface area contributed by atoms with E-state index in [9.17, 15) is 0 Å². The van der Waals surface area contributed by atoms with Gasteiger partial charge in [0.05, 0.1) is 31.2 Å². The van der Waals surface area contributed by atoms with Gasteiger partial charge in [0, 0.05) is 24.5 Å². The van der Waals surface area contributed by atoms with Gasteiger partial charge in [0.2, 0.25) is 0 Å².